The Morgan fingerprint density at radius 1 is 1.14 bits per heavy atom. The molecule has 3 rings (SSSR count). The number of nitrogens with one attached hydrogen (secondary N) is 2. The van der Waals surface area contributed by atoms with Crippen molar-refractivity contribution in [3.05, 3.63) is 65.2 Å². The summed E-state index contributed by atoms with van der Waals surface area (Å²) in [6.45, 7) is 5.91. The van der Waals surface area contributed by atoms with Crippen LogP contribution < -0.4 is 15.6 Å². The third-order valence-corrected chi connectivity index (χ3v) is 4.52. The minimum atomic E-state index is -0.558. The van der Waals surface area contributed by atoms with E-state index in [0.717, 1.165) is 22.1 Å². The largest absolute Gasteiger partial charge is 0.484 e. The second-order valence-corrected chi connectivity index (χ2v) is 7.14. The zero-order valence-electron chi connectivity index (χ0n) is 16.5. The van der Waals surface area contributed by atoms with Gasteiger partial charge in [0, 0.05) is 17.0 Å². The number of furan rings is 1. The van der Waals surface area contributed by atoms with E-state index >= 15 is 0 Å². The molecule has 0 aliphatic heterocycles. The van der Waals surface area contributed by atoms with Gasteiger partial charge in [0.15, 0.2) is 6.61 Å². The Kier molecular flexibility index (Phi) is 6.16. The molecule has 0 bridgehead atoms. The zero-order chi connectivity index (χ0) is 21.0. The second-order valence-electron chi connectivity index (χ2n) is 7.14. The second kappa shape index (κ2) is 8.77. The highest BCUT2D eigenvalue weighted by Crippen LogP contribution is 2.29. The summed E-state index contributed by atoms with van der Waals surface area (Å²) in [6, 6.07) is 9.48. The summed E-state index contributed by atoms with van der Waals surface area (Å²) in [4.78, 5) is 24.0. The quantitative estimate of drug-likeness (QED) is 0.620. The van der Waals surface area contributed by atoms with Gasteiger partial charge in [0.1, 0.15) is 17.1 Å². The van der Waals surface area contributed by atoms with Crippen molar-refractivity contribution in [2.45, 2.75) is 33.1 Å². The summed E-state index contributed by atoms with van der Waals surface area (Å²) in [5.74, 6) is -0.823. The molecule has 152 valence electrons. The number of fused-ring (bicyclic) bond motifs is 1. The first kappa shape index (κ1) is 20.4. The van der Waals surface area contributed by atoms with Gasteiger partial charge in [-0.3, -0.25) is 20.4 Å². The fraction of sp³-hybridized carbons (Fsp3) is 0.273. The summed E-state index contributed by atoms with van der Waals surface area (Å²) in [6.07, 6.45) is 1.61. The van der Waals surface area contributed by atoms with Gasteiger partial charge >= 0.3 is 0 Å². The number of amides is 2. The highest BCUT2D eigenvalue weighted by atomic mass is 19.1. The maximum atomic E-state index is 13.1. The van der Waals surface area contributed by atoms with Crippen molar-refractivity contribution in [2.75, 3.05) is 6.61 Å². The third-order valence-electron chi connectivity index (χ3n) is 4.52. The van der Waals surface area contributed by atoms with Gasteiger partial charge in [-0.25, -0.2) is 4.39 Å². The summed E-state index contributed by atoms with van der Waals surface area (Å²) >= 11 is 0. The van der Waals surface area contributed by atoms with E-state index in [2.05, 4.69) is 24.7 Å². The van der Waals surface area contributed by atoms with Crippen molar-refractivity contribution in [3.8, 4) is 5.75 Å². The predicted molar refractivity (Wildman–Crippen MR) is 107 cm³/mol. The van der Waals surface area contributed by atoms with Crippen LogP contribution in [0, 0.1) is 12.7 Å². The number of rotatable bonds is 6. The van der Waals surface area contributed by atoms with Crippen molar-refractivity contribution in [1.29, 1.82) is 0 Å². The monoisotopic (exact) mass is 398 g/mol. The first-order valence-electron chi connectivity index (χ1n) is 9.30. The van der Waals surface area contributed by atoms with Crippen molar-refractivity contribution < 1.29 is 23.1 Å². The number of hydrogen-bond acceptors (Lipinski definition) is 4. The molecule has 29 heavy (non-hydrogen) atoms. The first-order chi connectivity index (χ1) is 13.8. The molecule has 0 atom stereocenters. The average molecular weight is 398 g/mol. The molecule has 2 amide bonds. The maximum absolute atomic E-state index is 13.1. The molecule has 1 aromatic heterocycles. The van der Waals surface area contributed by atoms with Gasteiger partial charge in [-0.1, -0.05) is 19.9 Å². The zero-order valence-corrected chi connectivity index (χ0v) is 16.5. The molecule has 0 aliphatic carbocycles. The maximum Gasteiger partial charge on any atom is 0.276 e. The number of carbonyl (C=O) groups is 2. The number of hydrazine groups is 1. The lowest BCUT2D eigenvalue weighted by Crippen LogP contribution is -2.44. The van der Waals surface area contributed by atoms with E-state index in [1.807, 2.05) is 19.1 Å². The van der Waals surface area contributed by atoms with E-state index in [-0.39, 0.29) is 18.8 Å². The lowest BCUT2D eigenvalue weighted by Gasteiger charge is -2.10. The van der Waals surface area contributed by atoms with Crippen LogP contribution in [0.5, 0.6) is 5.75 Å². The van der Waals surface area contributed by atoms with Crippen molar-refractivity contribution in [2.24, 2.45) is 0 Å². The Hall–Kier alpha value is -3.35. The van der Waals surface area contributed by atoms with Crippen molar-refractivity contribution >= 4 is 22.8 Å². The van der Waals surface area contributed by atoms with Crippen LogP contribution in [0.2, 0.25) is 0 Å². The number of carbonyl (C=O) groups excluding carboxylic acids is 2. The van der Waals surface area contributed by atoms with Crippen LogP contribution in [0.25, 0.3) is 11.0 Å². The van der Waals surface area contributed by atoms with Crippen LogP contribution in [0.1, 0.15) is 36.5 Å². The third kappa shape index (κ3) is 5.13. The lowest BCUT2D eigenvalue weighted by atomic mass is 9.95. The number of ether oxygens (including phenoxy) is 1. The van der Waals surface area contributed by atoms with Crippen LogP contribution in [0.15, 0.2) is 47.1 Å². The summed E-state index contributed by atoms with van der Waals surface area (Å²) in [5, 5.41) is 0.884. The molecule has 2 aromatic carbocycles. The number of halogens is 1. The SMILES string of the molecule is Cc1cc2occ(CC(=O)NNC(=O)COc3cccc(F)c3)c2cc1C(C)C. The van der Waals surface area contributed by atoms with Crippen LogP contribution >= 0.6 is 0 Å². The van der Waals surface area contributed by atoms with E-state index in [1.165, 1.54) is 29.8 Å². The van der Waals surface area contributed by atoms with E-state index in [1.54, 1.807) is 6.26 Å². The molecule has 0 spiro atoms. The topological polar surface area (TPSA) is 80.6 Å². The average Bonchev–Trinajstić information content (AvgIpc) is 3.05. The van der Waals surface area contributed by atoms with Crippen LogP contribution in [0.3, 0.4) is 0 Å². The fourth-order valence-corrected chi connectivity index (χ4v) is 3.10. The van der Waals surface area contributed by atoms with E-state index < -0.39 is 17.6 Å². The van der Waals surface area contributed by atoms with Gasteiger partial charge in [0.05, 0.1) is 12.7 Å². The minimum absolute atomic E-state index is 0.0542. The van der Waals surface area contributed by atoms with Crippen LogP contribution in [-0.4, -0.2) is 18.4 Å². The van der Waals surface area contributed by atoms with E-state index in [0.29, 0.717) is 5.92 Å². The number of benzene rings is 2. The number of aryl methyl sites for hydroxylation is 1. The van der Waals surface area contributed by atoms with Crippen LogP contribution in [-0.2, 0) is 16.0 Å². The van der Waals surface area contributed by atoms with E-state index in [4.69, 9.17) is 9.15 Å². The Morgan fingerprint density at radius 2 is 1.90 bits per heavy atom. The molecule has 7 heteroatoms. The highest BCUT2D eigenvalue weighted by Gasteiger charge is 2.14. The van der Waals surface area contributed by atoms with Gasteiger partial charge in [-0.2, -0.15) is 0 Å². The summed E-state index contributed by atoms with van der Waals surface area (Å²) in [5.41, 5.74) is 8.43. The first-order valence-corrected chi connectivity index (χ1v) is 9.30. The van der Waals surface area contributed by atoms with Gasteiger partial charge in [-0.05, 0) is 48.2 Å². The molecule has 0 aliphatic rings. The molecule has 0 radical (unpaired) electrons. The standard InChI is InChI=1S/C22H23FN2O4/c1-13(2)18-10-19-15(11-29-20(19)7-14(18)3)8-21(26)24-25-22(27)12-28-17-6-4-5-16(23)9-17/h4-7,9-11,13H,8,12H2,1-3H3,(H,24,26)(H,25,27). The molecular formula is C22H23FN2O4. The minimum Gasteiger partial charge on any atom is -0.484 e. The molecule has 2 N–H and O–H groups in total. The van der Waals surface area contributed by atoms with E-state index in [9.17, 15) is 14.0 Å². The lowest BCUT2D eigenvalue weighted by molar-refractivity contribution is -0.129. The number of hydrogen-bond donors (Lipinski definition) is 2. The molecule has 1 heterocycles. The van der Waals surface area contributed by atoms with Crippen molar-refractivity contribution in [1.82, 2.24) is 10.9 Å². The Balaban J connectivity index is 1.55. The molecule has 0 unspecified atom stereocenters. The fourth-order valence-electron chi connectivity index (χ4n) is 3.10. The Bertz CT molecular complexity index is 1040. The van der Waals surface area contributed by atoms with Crippen molar-refractivity contribution in [3.63, 3.8) is 0 Å². The van der Waals surface area contributed by atoms with Crippen LogP contribution in [0.4, 0.5) is 4.39 Å². The molecule has 3 aromatic rings. The van der Waals surface area contributed by atoms with Gasteiger partial charge < -0.3 is 9.15 Å². The summed E-state index contributed by atoms with van der Waals surface area (Å²) < 4.78 is 23.8. The molecule has 0 saturated carbocycles. The highest BCUT2D eigenvalue weighted by molar-refractivity contribution is 5.89. The molecule has 0 saturated heterocycles. The molecular weight excluding hydrogens is 375 g/mol. The van der Waals surface area contributed by atoms with Gasteiger partial charge in [0.25, 0.3) is 5.91 Å². The smallest absolute Gasteiger partial charge is 0.276 e. The Morgan fingerprint density at radius 3 is 2.62 bits per heavy atom. The van der Waals surface area contributed by atoms with Gasteiger partial charge in [0.2, 0.25) is 5.91 Å². The molecule has 6 nitrogen and oxygen atoms in total. The van der Waals surface area contributed by atoms with Gasteiger partial charge in [-0.15, -0.1) is 0 Å². The Labute approximate surface area is 168 Å². The predicted octanol–water partition coefficient (Wildman–Crippen LogP) is 3.77. The molecule has 0 fully saturated rings. The summed E-state index contributed by atoms with van der Waals surface area (Å²) in [7, 11) is 0. The normalized spacial score (nSPS) is 10.9.